The molecule has 0 bridgehead atoms. The topological polar surface area (TPSA) is 104 Å². The van der Waals surface area contributed by atoms with E-state index in [0.29, 0.717) is 11.3 Å². The van der Waals surface area contributed by atoms with Crippen molar-refractivity contribution in [1.82, 2.24) is 15.2 Å². The Balaban J connectivity index is 2.59. The normalized spacial score (nSPS) is 13.3. The van der Waals surface area contributed by atoms with Crippen LogP contribution in [0, 0.1) is 0 Å². The zero-order chi connectivity index (χ0) is 15.1. The molecule has 20 heavy (non-hydrogen) atoms. The zero-order valence-electron chi connectivity index (χ0n) is 12.0. The van der Waals surface area contributed by atoms with Crippen molar-refractivity contribution in [3.05, 3.63) is 29.6 Å². The van der Waals surface area contributed by atoms with E-state index < -0.39 is 0 Å². The molecule has 0 spiro atoms. The molecule has 1 amide bonds. The van der Waals surface area contributed by atoms with Gasteiger partial charge in [0.05, 0.1) is 0 Å². The van der Waals surface area contributed by atoms with Gasteiger partial charge in [0.1, 0.15) is 5.69 Å². The number of carbonyl (C=O) groups excluding carboxylic acids is 1. The first kappa shape index (κ1) is 15.9. The third-order valence-corrected chi connectivity index (χ3v) is 2.79. The van der Waals surface area contributed by atoms with Crippen LogP contribution in [-0.4, -0.2) is 53.5 Å². The van der Waals surface area contributed by atoms with Gasteiger partial charge in [-0.05, 0) is 46.1 Å². The summed E-state index contributed by atoms with van der Waals surface area (Å²) in [5.74, 6) is -0.272. The third kappa shape index (κ3) is 4.85. The number of pyridine rings is 1. The van der Waals surface area contributed by atoms with Gasteiger partial charge in [0.25, 0.3) is 5.91 Å². The number of oxime groups is 1. The number of carbonyl (C=O) groups is 1. The number of hydrogen-bond donors (Lipinski definition) is 3. The molecule has 0 aliphatic carbocycles. The molecule has 0 radical (unpaired) electrons. The summed E-state index contributed by atoms with van der Waals surface area (Å²) < 4.78 is 0. The van der Waals surface area contributed by atoms with Crippen molar-refractivity contribution < 1.29 is 10.0 Å². The minimum atomic E-state index is -0.234. The quantitative estimate of drug-likeness (QED) is 0.300. The van der Waals surface area contributed by atoms with E-state index >= 15 is 0 Å². The molecule has 0 aromatic carbocycles. The molecule has 0 aliphatic heterocycles. The summed E-state index contributed by atoms with van der Waals surface area (Å²) in [6.07, 6.45) is 2.26. The van der Waals surface area contributed by atoms with E-state index in [2.05, 4.69) is 20.4 Å². The van der Waals surface area contributed by atoms with Crippen LogP contribution in [-0.2, 0) is 0 Å². The monoisotopic (exact) mass is 279 g/mol. The van der Waals surface area contributed by atoms with Gasteiger partial charge < -0.3 is 21.2 Å². The van der Waals surface area contributed by atoms with Gasteiger partial charge in [-0.3, -0.25) is 9.78 Å². The number of nitrogens with zero attached hydrogens (tertiary/aromatic N) is 3. The fourth-order valence-electron chi connectivity index (χ4n) is 1.56. The summed E-state index contributed by atoms with van der Waals surface area (Å²) in [5, 5.41) is 14.3. The highest BCUT2D eigenvalue weighted by Crippen LogP contribution is 2.01. The van der Waals surface area contributed by atoms with Crippen LogP contribution in [0.2, 0.25) is 0 Å². The second-order valence-electron chi connectivity index (χ2n) is 4.88. The van der Waals surface area contributed by atoms with E-state index in [0.717, 1.165) is 13.0 Å². The van der Waals surface area contributed by atoms with Gasteiger partial charge in [-0.1, -0.05) is 5.16 Å². The first-order chi connectivity index (χ1) is 9.43. The molecule has 1 heterocycles. The van der Waals surface area contributed by atoms with Gasteiger partial charge in [0.15, 0.2) is 5.84 Å². The summed E-state index contributed by atoms with van der Waals surface area (Å²) in [6.45, 7) is 2.85. The van der Waals surface area contributed by atoms with Crippen molar-refractivity contribution in [3.63, 3.8) is 0 Å². The largest absolute Gasteiger partial charge is 0.409 e. The van der Waals surface area contributed by atoms with Gasteiger partial charge in [-0.15, -0.1) is 0 Å². The second kappa shape index (κ2) is 7.44. The summed E-state index contributed by atoms with van der Waals surface area (Å²) in [4.78, 5) is 18.0. The molecule has 7 nitrogen and oxygen atoms in total. The molecule has 1 aromatic rings. The highest BCUT2D eigenvalue weighted by molar-refractivity contribution is 5.98. The molecular weight excluding hydrogens is 258 g/mol. The van der Waals surface area contributed by atoms with E-state index in [-0.39, 0.29) is 17.8 Å². The van der Waals surface area contributed by atoms with Gasteiger partial charge in [0.2, 0.25) is 0 Å². The van der Waals surface area contributed by atoms with Crippen LogP contribution in [0.15, 0.2) is 23.5 Å². The molecule has 1 atom stereocenters. The number of rotatable bonds is 6. The number of hydrogen-bond acceptors (Lipinski definition) is 5. The highest BCUT2D eigenvalue weighted by Gasteiger charge is 2.11. The Bertz CT molecular complexity index is 470. The Labute approximate surface area is 118 Å². The van der Waals surface area contributed by atoms with E-state index in [4.69, 9.17) is 10.9 Å². The van der Waals surface area contributed by atoms with Gasteiger partial charge in [-0.2, -0.15) is 0 Å². The lowest BCUT2D eigenvalue weighted by Gasteiger charge is -2.16. The molecule has 1 rings (SSSR count). The molecule has 0 aliphatic rings. The van der Waals surface area contributed by atoms with Crippen molar-refractivity contribution in [2.75, 3.05) is 20.6 Å². The number of aromatic nitrogens is 1. The average molecular weight is 279 g/mol. The van der Waals surface area contributed by atoms with Crippen molar-refractivity contribution >= 4 is 11.7 Å². The Kier molecular flexibility index (Phi) is 5.92. The molecule has 1 unspecified atom stereocenters. The highest BCUT2D eigenvalue weighted by atomic mass is 16.4. The lowest BCUT2D eigenvalue weighted by Crippen LogP contribution is -2.35. The third-order valence-electron chi connectivity index (χ3n) is 2.79. The fraction of sp³-hybridized carbons (Fsp3) is 0.462. The van der Waals surface area contributed by atoms with Crippen LogP contribution in [0.4, 0.5) is 0 Å². The Morgan fingerprint density at radius 3 is 2.75 bits per heavy atom. The van der Waals surface area contributed by atoms with E-state index in [9.17, 15) is 4.79 Å². The molecule has 110 valence electrons. The van der Waals surface area contributed by atoms with Crippen LogP contribution >= 0.6 is 0 Å². The van der Waals surface area contributed by atoms with Crippen LogP contribution in [0.25, 0.3) is 0 Å². The predicted octanol–water partition coefficient (Wildman–Crippen LogP) is 0.246. The molecule has 0 saturated heterocycles. The summed E-state index contributed by atoms with van der Waals surface area (Å²) in [6, 6.07) is 3.19. The Hall–Kier alpha value is -2.15. The van der Waals surface area contributed by atoms with E-state index in [1.807, 2.05) is 21.0 Å². The molecule has 0 fully saturated rings. The molecule has 4 N–H and O–H groups in total. The molecule has 0 saturated carbocycles. The number of nitrogens with two attached hydrogens (primary N) is 1. The molecule has 7 heteroatoms. The van der Waals surface area contributed by atoms with Crippen LogP contribution in [0.5, 0.6) is 0 Å². The number of amidine groups is 1. The SMILES string of the molecule is CC(CCN(C)C)NC(=O)c1ccc(C(N)=NO)cn1. The standard InChI is InChI=1S/C13H21N5O2/c1-9(6-7-18(2)3)16-13(19)11-5-4-10(8-15-11)12(14)17-20/h4-5,8-9,20H,6-7H2,1-3H3,(H2,14,17)(H,16,19). The first-order valence-electron chi connectivity index (χ1n) is 6.33. The maximum atomic E-state index is 12.0. The Morgan fingerprint density at radius 1 is 1.55 bits per heavy atom. The number of amides is 1. The maximum absolute atomic E-state index is 12.0. The lowest BCUT2D eigenvalue weighted by molar-refractivity contribution is 0.0931. The van der Waals surface area contributed by atoms with E-state index in [1.54, 1.807) is 12.1 Å². The van der Waals surface area contributed by atoms with Gasteiger partial charge in [-0.25, -0.2) is 0 Å². The van der Waals surface area contributed by atoms with Crippen molar-refractivity contribution in [1.29, 1.82) is 0 Å². The minimum absolute atomic E-state index is 0.0381. The van der Waals surface area contributed by atoms with Crippen molar-refractivity contribution in [3.8, 4) is 0 Å². The van der Waals surface area contributed by atoms with E-state index in [1.165, 1.54) is 6.20 Å². The minimum Gasteiger partial charge on any atom is -0.409 e. The van der Waals surface area contributed by atoms with Gasteiger partial charge in [0, 0.05) is 17.8 Å². The van der Waals surface area contributed by atoms with Gasteiger partial charge >= 0.3 is 0 Å². The molecule has 1 aromatic heterocycles. The van der Waals surface area contributed by atoms with Crippen molar-refractivity contribution in [2.24, 2.45) is 10.9 Å². The smallest absolute Gasteiger partial charge is 0.270 e. The summed E-state index contributed by atoms with van der Waals surface area (Å²) in [7, 11) is 3.98. The first-order valence-corrected chi connectivity index (χ1v) is 6.33. The predicted molar refractivity (Wildman–Crippen MR) is 76.8 cm³/mol. The average Bonchev–Trinajstić information content (AvgIpc) is 2.44. The summed E-state index contributed by atoms with van der Waals surface area (Å²) in [5.41, 5.74) is 6.19. The fourth-order valence-corrected chi connectivity index (χ4v) is 1.56. The molecular formula is C13H21N5O2. The maximum Gasteiger partial charge on any atom is 0.270 e. The van der Waals surface area contributed by atoms with Crippen LogP contribution < -0.4 is 11.1 Å². The second-order valence-corrected chi connectivity index (χ2v) is 4.88. The summed E-state index contributed by atoms with van der Waals surface area (Å²) >= 11 is 0. The van der Waals surface area contributed by atoms with Crippen LogP contribution in [0.3, 0.4) is 0 Å². The zero-order valence-corrected chi connectivity index (χ0v) is 12.0. The lowest BCUT2D eigenvalue weighted by atomic mass is 10.2. The van der Waals surface area contributed by atoms with Crippen molar-refractivity contribution in [2.45, 2.75) is 19.4 Å². The Morgan fingerprint density at radius 2 is 2.25 bits per heavy atom. The van der Waals surface area contributed by atoms with Crippen LogP contribution in [0.1, 0.15) is 29.4 Å². The number of nitrogens with one attached hydrogen (secondary N) is 1.